The summed E-state index contributed by atoms with van der Waals surface area (Å²) in [6.45, 7) is 0.252. The topological polar surface area (TPSA) is 86.2 Å². The van der Waals surface area contributed by atoms with E-state index >= 15 is 0 Å². The standard InChI is InChI=1S/C27H26N2O5/c1-32-28-16-15-25(26(30)33-17-19-9-3-2-4-10-19)29-27(31)34-18-24-22-13-7-5-11-20(22)21-12-6-8-14-23(21)24/h2-14,16,24-25H,15,17-18H2,1H3,(H,29,31)/b28-16-/t25-/m0/s1. The highest BCUT2D eigenvalue weighted by molar-refractivity contribution is 5.84. The van der Waals surface area contributed by atoms with Crippen LogP contribution in [0.4, 0.5) is 4.79 Å². The van der Waals surface area contributed by atoms with Crippen LogP contribution in [-0.2, 0) is 25.7 Å². The van der Waals surface area contributed by atoms with Crippen molar-refractivity contribution in [3.63, 3.8) is 0 Å². The maximum absolute atomic E-state index is 12.6. The van der Waals surface area contributed by atoms with E-state index in [0.717, 1.165) is 27.8 Å². The minimum Gasteiger partial charge on any atom is -0.459 e. The Morgan fingerprint density at radius 2 is 1.53 bits per heavy atom. The van der Waals surface area contributed by atoms with Crippen molar-refractivity contribution in [1.29, 1.82) is 0 Å². The monoisotopic (exact) mass is 458 g/mol. The predicted octanol–water partition coefficient (Wildman–Crippen LogP) is 4.66. The second-order valence-corrected chi connectivity index (χ2v) is 7.82. The highest BCUT2D eigenvalue weighted by Crippen LogP contribution is 2.44. The van der Waals surface area contributed by atoms with Gasteiger partial charge in [-0.2, -0.15) is 0 Å². The van der Waals surface area contributed by atoms with Gasteiger partial charge in [0, 0.05) is 18.6 Å². The Bertz CT molecular complexity index is 1120. The smallest absolute Gasteiger partial charge is 0.407 e. The molecule has 0 fully saturated rings. The lowest BCUT2D eigenvalue weighted by atomic mass is 9.98. The molecule has 0 aliphatic heterocycles. The van der Waals surface area contributed by atoms with Gasteiger partial charge >= 0.3 is 12.1 Å². The average Bonchev–Trinajstić information content (AvgIpc) is 3.20. The number of hydrogen-bond donors (Lipinski definition) is 1. The van der Waals surface area contributed by atoms with Gasteiger partial charge in [0.15, 0.2) is 0 Å². The van der Waals surface area contributed by atoms with Crippen molar-refractivity contribution in [2.24, 2.45) is 5.16 Å². The van der Waals surface area contributed by atoms with E-state index in [-0.39, 0.29) is 25.6 Å². The van der Waals surface area contributed by atoms with Gasteiger partial charge in [0.2, 0.25) is 0 Å². The molecular formula is C27H26N2O5. The molecule has 0 saturated carbocycles. The van der Waals surface area contributed by atoms with E-state index in [1.165, 1.54) is 13.3 Å². The summed E-state index contributed by atoms with van der Waals surface area (Å²) in [7, 11) is 1.40. The number of esters is 1. The zero-order valence-corrected chi connectivity index (χ0v) is 18.8. The number of carbonyl (C=O) groups is 2. The van der Waals surface area contributed by atoms with Crippen LogP contribution >= 0.6 is 0 Å². The number of nitrogens with zero attached hydrogens (tertiary/aromatic N) is 1. The maximum atomic E-state index is 12.6. The van der Waals surface area contributed by atoms with Crippen LogP contribution in [-0.4, -0.2) is 38.0 Å². The molecule has 0 heterocycles. The molecule has 0 aromatic heterocycles. The van der Waals surface area contributed by atoms with E-state index in [1.54, 1.807) is 0 Å². The number of alkyl carbamates (subject to hydrolysis) is 1. The summed E-state index contributed by atoms with van der Waals surface area (Å²) in [6, 6.07) is 24.5. The third kappa shape index (κ3) is 5.43. The third-order valence-corrected chi connectivity index (χ3v) is 5.67. The minimum atomic E-state index is -0.960. The molecule has 0 bridgehead atoms. The molecular weight excluding hydrogens is 432 g/mol. The first-order chi connectivity index (χ1) is 16.7. The van der Waals surface area contributed by atoms with Gasteiger partial charge in [0.05, 0.1) is 0 Å². The van der Waals surface area contributed by atoms with Crippen LogP contribution in [0.1, 0.15) is 29.0 Å². The van der Waals surface area contributed by atoms with Gasteiger partial charge in [-0.05, 0) is 27.8 Å². The molecule has 3 aromatic rings. The number of fused-ring (bicyclic) bond motifs is 3. The highest BCUT2D eigenvalue weighted by Gasteiger charge is 2.30. The number of oxime groups is 1. The van der Waals surface area contributed by atoms with Crippen molar-refractivity contribution in [3.8, 4) is 11.1 Å². The molecule has 1 aliphatic carbocycles. The average molecular weight is 459 g/mol. The summed E-state index contributed by atoms with van der Waals surface area (Å²) in [6.07, 6.45) is 0.804. The Hall–Kier alpha value is -4.13. The summed E-state index contributed by atoms with van der Waals surface area (Å²) in [5, 5.41) is 6.26. The number of benzene rings is 3. The minimum absolute atomic E-state index is 0.0725. The van der Waals surface area contributed by atoms with Crippen molar-refractivity contribution in [2.75, 3.05) is 13.7 Å². The predicted molar refractivity (Wildman–Crippen MR) is 128 cm³/mol. The molecule has 1 N–H and O–H groups in total. The molecule has 1 aliphatic rings. The Kier molecular flexibility index (Phi) is 7.55. The summed E-state index contributed by atoms with van der Waals surface area (Å²) >= 11 is 0. The number of ether oxygens (including phenoxy) is 2. The molecule has 1 amide bonds. The van der Waals surface area contributed by atoms with Crippen LogP contribution in [0.5, 0.6) is 0 Å². The van der Waals surface area contributed by atoms with Crippen LogP contribution in [0.2, 0.25) is 0 Å². The molecule has 34 heavy (non-hydrogen) atoms. The molecule has 0 spiro atoms. The van der Waals surface area contributed by atoms with Gasteiger partial charge in [0.25, 0.3) is 0 Å². The van der Waals surface area contributed by atoms with Gasteiger partial charge < -0.3 is 19.6 Å². The summed E-state index contributed by atoms with van der Waals surface area (Å²) < 4.78 is 10.9. The molecule has 0 unspecified atom stereocenters. The van der Waals surface area contributed by atoms with Crippen molar-refractivity contribution in [2.45, 2.75) is 25.0 Å². The normalized spacial score (nSPS) is 13.1. The molecule has 174 valence electrons. The lowest BCUT2D eigenvalue weighted by Crippen LogP contribution is -2.42. The lowest BCUT2D eigenvalue weighted by molar-refractivity contribution is -0.147. The molecule has 7 nitrogen and oxygen atoms in total. The van der Waals surface area contributed by atoms with E-state index in [4.69, 9.17) is 9.47 Å². The molecule has 0 saturated heterocycles. The molecule has 1 atom stereocenters. The first kappa shape index (κ1) is 23.0. The Morgan fingerprint density at radius 3 is 2.18 bits per heavy atom. The number of amides is 1. The number of carbonyl (C=O) groups excluding carboxylic acids is 2. The van der Waals surface area contributed by atoms with Crippen LogP contribution in [0.25, 0.3) is 11.1 Å². The highest BCUT2D eigenvalue weighted by atomic mass is 16.6. The van der Waals surface area contributed by atoms with Crippen molar-refractivity contribution in [1.82, 2.24) is 5.32 Å². The fourth-order valence-corrected chi connectivity index (χ4v) is 4.05. The largest absolute Gasteiger partial charge is 0.459 e. The second kappa shape index (κ2) is 11.1. The number of hydrogen-bond acceptors (Lipinski definition) is 6. The van der Waals surface area contributed by atoms with E-state index in [9.17, 15) is 9.59 Å². The summed E-state index contributed by atoms with van der Waals surface area (Å²) in [5.41, 5.74) is 5.36. The van der Waals surface area contributed by atoms with E-state index in [1.807, 2.05) is 66.7 Å². The Labute approximate surface area is 198 Å². The zero-order valence-electron chi connectivity index (χ0n) is 18.8. The van der Waals surface area contributed by atoms with Crippen molar-refractivity contribution >= 4 is 18.3 Å². The van der Waals surface area contributed by atoms with Crippen LogP contribution in [0.15, 0.2) is 84.0 Å². The maximum Gasteiger partial charge on any atom is 0.407 e. The number of nitrogens with one attached hydrogen (secondary N) is 1. The van der Waals surface area contributed by atoms with Crippen LogP contribution < -0.4 is 5.32 Å². The van der Waals surface area contributed by atoms with Gasteiger partial charge in [-0.15, -0.1) is 0 Å². The van der Waals surface area contributed by atoms with Crippen LogP contribution in [0, 0.1) is 0 Å². The summed E-state index contributed by atoms with van der Waals surface area (Å²) in [5.74, 6) is -0.656. The van der Waals surface area contributed by atoms with Gasteiger partial charge in [-0.25, -0.2) is 9.59 Å². The van der Waals surface area contributed by atoms with Gasteiger partial charge in [0.1, 0.15) is 26.4 Å². The van der Waals surface area contributed by atoms with Crippen molar-refractivity contribution in [3.05, 3.63) is 95.6 Å². The molecule has 3 aromatic carbocycles. The van der Waals surface area contributed by atoms with Gasteiger partial charge in [-0.1, -0.05) is 84.0 Å². The molecule has 4 rings (SSSR count). The second-order valence-electron chi connectivity index (χ2n) is 7.82. The lowest BCUT2D eigenvalue weighted by Gasteiger charge is -2.18. The third-order valence-electron chi connectivity index (χ3n) is 5.67. The van der Waals surface area contributed by atoms with E-state index < -0.39 is 18.1 Å². The first-order valence-electron chi connectivity index (χ1n) is 11.0. The first-order valence-corrected chi connectivity index (χ1v) is 11.0. The van der Waals surface area contributed by atoms with Crippen LogP contribution in [0.3, 0.4) is 0 Å². The number of rotatable bonds is 9. The SMILES string of the molecule is CO/N=C\C[C@H](NC(=O)OCC1c2ccccc2-c2ccccc21)C(=O)OCc1ccccc1. The van der Waals surface area contributed by atoms with Gasteiger partial charge in [-0.3, -0.25) is 0 Å². The Morgan fingerprint density at radius 1 is 0.912 bits per heavy atom. The summed E-state index contributed by atoms with van der Waals surface area (Å²) in [4.78, 5) is 29.9. The van der Waals surface area contributed by atoms with E-state index in [0.29, 0.717) is 0 Å². The van der Waals surface area contributed by atoms with Crippen molar-refractivity contribution < 1.29 is 23.9 Å². The Balaban J connectivity index is 1.39. The molecule has 0 radical (unpaired) electrons. The van der Waals surface area contributed by atoms with E-state index in [2.05, 4.69) is 27.4 Å². The molecule has 7 heteroatoms. The fourth-order valence-electron chi connectivity index (χ4n) is 4.05. The quantitative estimate of drug-likeness (QED) is 0.286. The fraction of sp³-hybridized carbons (Fsp3) is 0.222. The zero-order chi connectivity index (χ0) is 23.8.